The summed E-state index contributed by atoms with van der Waals surface area (Å²) in [5, 5.41) is 3.54. The lowest BCUT2D eigenvalue weighted by Gasteiger charge is -2.37. The van der Waals surface area contributed by atoms with Gasteiger partial charge in [0, 0.05) is 25.8 Å². The van der Waals surface area contributed by atoms with Gasteiger partial charge in [0.1, 0.15) is 0 Å². The summed E-state index contributed by atoms with van der Waals surface area (Å²) in [5.74, 6) is 0. The van der Waals surface area contributed by atoms with Gasteiger partial charge in [0.25, 0.3) is 0 Å². The molecule has 0 saturated heterocycles. The zero-order valence-electron chi connectivity index (χ0n) is 13.7. The Bertz CT molecular complexity index is 347. The van der Waals surface area contributed by atoms with Gasteiger partial charge in [-0.1, -0.05) is 33.8 Å². The highest BCUT2D eigenvalue weighted by Gasteiger charge is 2.28. The second-order valence-corrected chi connectivity index (χ2v) is 5.61. The fourth-order valence-electron chi connectivity index (χ4n) is 2.64. The average Bonchev–Trinajstić information content (AvgIpc) is 2.51. The van der Waals surface area contributed by atoms with Crippen molar-refractivity contribution in [1.82, 2.24) is 15.2 Å². The van der Waals surface area contributed by atoms with Gasteiger partial charge < -0.3 is 5.32 Å². The molecule has 0 amide bonds. The van der Waals surface area contributed by atoms with E-state index in [-0.39, 0.29) is 0 Å². The van der Waals surface area contributed by atoms with Crippen LogP contribution in [0.1, 0.15) is 46.2 Å². The number of hydrogen-bond acceptors (Lipinski definition) is 3. The van der Waals surface area contributed by atoms with Crippen LogP contribution in [0, 0.1) is 5.41 Å². The summed E-state index contributed by atoms with van der Waals surface area (Å²) in [7, 11) is 0. The van der Waals surface area contributed by atoms with Gasteiger partial charge in [0.2, 0.25) is 0 Å². The molecule has 0 atom stereocenters. The monoisotopic (exact) mass is 277 g/mol. The molecular formula is C17H31N3. The van der Waals surface area contributed by atoms with E-state index in [9.17, 15) is 0 Å². The molecule has 114 valence electrons. The van der Waals surface area contributed by atoms with Crippen LogP contribution in [-0.4, -0.2) is 36.1 Å². The highest BCUT2D eigenvalue weighted by molar-refractivity contribution is 5.03. The van der Waals surface area contributed by atoms with E-state index in [1.165, 1.54) is 18.5 Å². The lowest BCUT2D eigenvalue weighted by molar-refractivity contribution is 0.133. The molecule has 1 aromatic rings. The molecule has 1 heterocycles. The van der Waals surface area contributed by atoms with Gasteiger partial charge in [-0.05, 0) is 43.5 Å². The Hall–Kier alpha value is -0.930. The smallest absolute Gasteiger partial charge is 0.0543 e. The van der Waals surface area contributed by atoms with Gasteiger partial charge >= 0.3 is 0 Å². The summed E-state index contributed by atoms with van der Waals surface area (Å²) in [4.78, 5) is 6.97. The number of hydrogen-bond donors (Lipinski definition) is 1. The summed E-state index contributed by atoms with van der Waals surface area (Å²) in [6.07, 6.45) is 4.32. The maximum Gasteiger partial charge on any atom is 0.0543 e. The third-order valence-corrected chi connectivity index (χ3v) is 4.37. The maximum atomic E-state index is 4.45. The van der Waals surface area contributed by atoms with Crippen molar-refractivity contribution in [3.05, 3.63) is 30.1 Å². The lowest BCUT2D eigenvalue weighted by Crippen LogP contribution is -2.43. The molecule has 0 bridgehead atoms. The van der Waals surface area contributed by atoms with Crippen LogP contribution >= 0.6 is 0 Å². The van der Waals surface area contributed by atoms with Gasteiger partial charge in [0.15, 0.2) is 0 Å². The Morgan fingerprint density at radius 1 is 1.15 bits per heavy atom. The predicted octanol–water partition coefficient (Wildman–Crippen LogP) is 3.32. The molecule has 0 unspecified atom stereocenters. The van der Waals surface area contributed by atoms with Crippen molar-refractivity contribution in [2.24, 2.45) is 5.41 Å². The minimum atomic E-state index is 0.376. The molecular weight excluding hydrogens is 246 g/mol. The molecule has 0 spiro atoms. The molecule has 0 aliphatic rings. The van der Waals surface area contributed by atoms with E-state index < -0.39 is 0 Å². The second-order valence-electron chi connectivity index (χ2n) is 5.61. The Balaban J connectivity index is 2.68. The number of nitrogens with zero attached hydrogens (tertiary/aromatic N) is 2. The molecule has 0 saturated carbocycles. The SMILES string of the molecule is CCNCC(CC)(CC)CN(CC)Cc1ccccn1. The summed E-state index contributed by atoms with van der Waals surface area (Å²) in [5.41, 5.74) is 1.54. The number of aromatic nitrogens is 1. The van der Waals surface area contributed by atoms with E-state index in [0.29, 0.717) is 5.41 Å². The van der Waals surface area contributed by atoms with Gasteiger partial charge in [-0.15, -0.1) is 0 Å². The van der Waals surface area contributed by atoms with Crippen molar-refractivity contribution in [3.8, 4) is 0 Å². The minimum absolute atomic E-state index is 0.376. The molecule has 1 rings (SSSR count). The highest BCUT2D eigenvalue weighted by atomic mass is 15.1. The van der Waals surface area contributed by atoms with E-state index in [0.717, 1.165) is 32.7 Å². The maximum absolute atomic E-state index is 4.45. The van der Waals surface area contributed by atoms with Gasteiger partial charge in [-0.25, -0.2) is 0 Å². The fraction of sp³-hybridized carbons (Fsp3) is 0.706. The Morgan fingerprint density at radius 3 is 2.40 bits per heavy atom. The number of rotatable bonds is 10. The van der Waals surface area contributed by atoms with E-state index in [2.05, 4.69) is 55.0 Å². The van der Waals surface area contributed by atoms with Crippen molar-refractivity contribution in [3.63, 3.8) is 0 Å². The summed E-state index contributed by atoms with van der Waals surface area (Å²) in [6.45, 7) is 14.4. The quantitative estimate of drug-likeness (QED) is 0.711. The van der Waals surface area contributed by atoms with Crippen LogP contribution in [0.15, 0.2) is 24.4 Å². The van der Waals surface area contributed by atoms with Gasteiger partial charge in [-0.3, -0.25) is 9.88 Å². The summed E-state index contributed by atoms with van der Waals surface area (Å²) < 4.78 is 0. The Labute approximate surface area is 124 Å². The topological polar surface area (TPSA) is 28.2 Å². The van der Waals surface area contributed by atoms with Crippen molar-refractivity contribution >= 4 is 0 Å². The van der Waals surface area contributed by atoms with E-state index in [1.54, 1.807) is 0 Å². The van der Waals surface area contributed by atoms with Crippen molar-refractivity contribution in [2.45, 2.75) is 47.1 Å². The largest absolute Gasteiger partial charge is 0.316 e. The van der Waals surface area contributed by atoms with Crippen LogP contribution in [0.4, 0.5) is 0 Å². The fourth-order valence-corrected chi connectivity index (χ4v) is 2.64. The first-order valence-electron chi connectivity index (χ1n) is 8.02. The second kappa shape index (κ2) is 9.09. The Morgan fingerprint density at radius 2 is 1.90 bits per heavy atom. The summed E-state index contributed by atoms with van der Waals surface area (Å²) >= 11 is 0. The first kappa shape index (κ1) is 17.1. The molecule has 0 radical (unpaired) electrons. The van der Waals surface area contributed by atoms with Gasteiger partial charge in [-0.2, -0.15) is 0 Å². The molecule has 20 heavy (non-hydrogen) atoms. The zero-order chi connectivity index (χ0) is 14.8. The van der Waals surface area contributed by atoms with Crippen LogP contribution in [0.3, 0.4) is 0 Å². The van der Waals surface area contributed by atoms with Crippen LogP contribution in [0.5, 0.6) is 0 Å². The van der Waals surface area contributed by atoms with Crippen molar-refractivity contribution < 1.29 is 0 Å². The standard InChI is InChI=1S/C17H31N3/c1-5-17(6-2,14-18-7-3)15-20(8-4)13-16-11-9-10-12-19-16/h9-12,18H,5-8,13-15H2,1-4H3. The lowest BCUT2D eigenvalue weighted by atomic mass is 9.81. The highest BCUT2D eigenvalue weighted by Crippen LogP contribution is 2.27. The van der Waals surface area contributed by atoms with Crippen LogP contribution in [0.2, 0.25) is 0 Å². The number of nitrogens with one attached hydrogen (secondary N) is 1. The molecule has 3 heteroatoms. The van der Waals surface area contributed by atoms with Crippen LogP contribution in [-0.2, 0) is 6.54 Å². The minimum Gasteiger partial charge on any atom is -0.316 e. The first-order chi connectivity index (χ1) is 9.69. The van der Waals surface area contributed by atoms with Crippen LogP contribution < -0.4 is 5.32 Å². The first-order valence-corrected chi connectivity index (χ1v) is 8.02. The van der Waals surface area contributed by atoms with Gasteiger partial charge in [0.05, 0.1) is 5.69 Å². The van der Waals surface area contributed by atoms with Crippen molar-refractivity contribution in [2.75, 3.05) is 26.2 Å². The molecule has 3 nitrogen and oxygen atoms in total. The normalized spacial score (nSPS) is 12.1. The van der Waals surface area contributed by atoms with Crippen molar-refractivity contribution in [1.29, 1.82) is 0 Å². The predicted molar refractivity (Wildman–Crippen MR) is 86.7 cm³/mol. The van der Waals surface area contributed by atoms with Crippen LogP contribution in [0.25, 0.3) is 0 Å². The number of pyridine rings is 1. The molecule has 1 aromatic heterocycles. The molecule has 0 fully saturated rings. The molecule has 1 N–H and O–H groups in total. The summed E-state index contributed by atoms with van der Waals surface area (Å²) in [6, 6.07) is 6.17. The third-order valence-electron chi connectivity index (χ3n) is 4.37. The van der Waals surface area contributed by atoms with E-state index in [1.807, 2.05) is 12.3 Å². The average molecular weight is 277 g/mol. The van der Waals surface area contributed by atoms with E-state index >= 15 is 0 Å². The third kappa shape index (κ3) is 5.22. The van der Waals surface area contributed by atoms with E-state index in [4.69, 9.17) is 0 Å². The molecule has 0 aromatic carbocycles. The Kier molecular flexibility index (Phi) is 7.78. The zero-order valence-corrected chi connectivity index (χ0v) is 13.7. The molecule has 0 aliphatic carbocycles. The molecule has 0 aliphatic heterocycles.